The van der Waals surface area contributed by atoms with E-state index in [1.165, 1.54) is 23.5 Å². The maximum absolute atomic E-state index is 14.2. The van der Waals surface area contributed by atoms with E-state index in [9.17, 15) is 22.9 Å². The van der Waals surface area contributed by atoms with E-state index >= 15 is 0 Å². The van der Waals surface area contributed by atoms with Gasteiger partial charge in [0.15, 0.2) is 5.13 Å². The molecule has 4 aromatic rings. The number of anilines is 1. The number of thiazole rings is 1. The number of fused-ring (bicyclic) bond motifs is 2. The number of nitrogens with one attached hydrogen (secondary N) is 3. The van der Waals surface area contributed by atoms with E-state index in [1.54, 1.807) is 56.0 Å². The van der Waals surface area contributed by atoms with Crippen LogP contribution in [0.15, 0.2) is 48.5 Å². The molecule has 47 heavy (non-hydrogen) atoms. The number of ether oxygens (including phenoxy) is 1. The second-order valence-corrected chi connectivity index (χ2v) is 15.0. The van der Waals surface area contributed by atoms with E-state index in [2.05, 4.69) is 15.4 Å². The van der Waals surface area contributed by atoms with Crippen molar-refractivity contribution in [3.05, 3.63) is 76.4 Å². The molecule has 3 N–H and O–H groups in total. The van der Waals surface area contributed by atoms with E-state index in [0.717, 1.165) is 29.5 Å². The molecule has 1 aliphatic carbocycles. The third-order valence-electron chi connectivity index (χ3n) is 8.04. The van der Waals surface area contributed by atoms with Crippen molar-refractivity contribution >= 4 is 47.0 Å². The summed E-state index contributed by atoms with van der Waals surface area (Å²) in [5, 5.41) is 6.98. The standard InChI is InChI=1S/C32H36F2N5O6PS/c1-19(2)44-30(41)20(3)38-46(42,45-22-7-5-4-6-8-22)43-18-32(10-11-32)17-35-31-37-25-9-12-39(16-28(25)47-31)29(40)27-15-23-24(34)13-21(33)14-26(23)36-27/h4-8,13-15,19-20,36H,9-12,16-18H2,1-3H3,(H,35,37)(H,38,42). The summed E-state index contributed by atoms with van der Waals surface area (Å²) in [6.45, 7) is 6.42. The average Bonchev–Trinajstić information content (AvgIpc) is 3.47. The van der Waals surface area contributed by atoms with Gasteiger partial charge >= 0.3 is 13.7 Å². The first-order valence-electron chi connectivity index (χ1n) is 15.4. The number of esters is 1. The van der Waals surface area contributed by atoms with Gasteiger partial charge in [-0.05, 0) is 57.9 Å². The number of aromatic amines is 1. The third-order valence-corrected chi connectivity index (χ3v) is 10.7. The molecule has 11 nitrogen and oxygen atoms in total. The summed E-state index contributed by atoms with van der Waals surface area (Å²) in [5.74, 6) is -1.97. The van der Waals surface area contributed by atoms with Gasteiger partial charge in [0.05, 0.1) is 30.5 Å². The highest BCUT2D eigenvalue weighted by molar-refractivity contribution is 7.52. The molecule has 0 saturated heterocycles. The van der Waals surface area contributed by atoms with E-state index in [-0.39, 0.29) is 40.6 Å². The number of hydrogen-bond acceptors (Lipinski definition) is 9. The van der Waals surface area contributed by atoms with Crippen LogP contribution >= 0.6 is 19.1 Å². The number of amides is 1. The highest BCUT2D eigenvalue weighted by Crippen LogP contribution is 2.52. The molecule has 1 saturated carbocycles. The summed E-state index contributed by atoms with van der Waals surface area (Å²) >= 11 is 1.45. The molecule has 250 valence electrons. The van der Waals surface area contributed by atoms with Crippen LogP contribution in [0.5, 0.6) is 5.75 Å². The van der Waals surface area contributed by atoms with Crippen molar-refractivity contribution in [2.45, 2.75) is 58.7 Å². The first-order valence-corrected chi connectivity index (χ1v) is 17.7. The number of hydrogen-bond donors (Lipinski definition) is 3. The number of halogens is 2. The second-order valence-electron chi connectivity index (χ2n) is 12.3. The second kappa shape index (κ2) is 13.3. The molecule has 0 spiro atoms. The Morgan fingerprint density at radius 1 is 1.15 bits per heavy atom. The van der Waals surface area contributed by atoms with Crippen LogP contribution in [0.4, 0.5) is 13.9 Å². The Kier molecular flexibility index (Phi) is 9.39. The first kappa shape index (κ1) is 33.1. The van der Waals surface area contributed by atoms with Crippen molar-refractivity contribution in [3.63, 3.8) is 0 Å². The Labute approximate surface area is 274 Å². The molecular weight excluding hydrogens is 651 g/mol. The Morgan fingerprint density at radius 3 is 2.64 bits per heavy atom. The molecule has 3 heterocycles. The number of H-pyrrole nitrogens is 1. The van der Waals surface area contributed by atoms with Gasteiger partial charge in [-0.3, -0.25) is 14.1 Å². The quantitative estimate of drug-likeness (QED) is 0.107. The summed E-state index contributed by atoms with van der Waals surface area (Å²) in [4.78, 5) is 35.9. The van der Waals surface area contributed by atoms with Crippen molar-refractivity contribution in [1.82, 2.24) is 20.0 Å². The van der Waals surface area contributed by atoms with Gasteiger partial charge in [0.1, 0.15) is 29.1 Å². The zero-order chi connectivity index (χ0) is 33.3. The van der Waals surface area contributed by atoms with Crippen LogP contribution in [0.1, 0.15) is 54.7 Å². The number of para-hydroxylation sites is 1. The molecule has 1 aliphatic heterocycles. The molecule has 2 atom stereocenters. The molecule has 2 unspecified atom stereocenters. The minimum absolute atomic E-state index is 0.116. The lowest BCUT2D eigenvalue weighted by Gasteiger charge is -2.25. The van der Waals surface area contributed by atoms with Gasteiger partial charge < -0.3 is 24.5 Å². The Balaban J connectivity index is 1.07. The largest absolute Gasteiger partial charge is 0.462 e. The predicted octanol–water partition coefficient (Wildman–Crippen LogP) is 6.43. The molecule has 1 amide bonds. The lowest BCUT2D eigenvalue weighted by molar-refractivity contribution is -0.149. The summed E-state index contributed by atoms with van der Waals surface area (Å²) in [6.07, 6.45) is 1.89. The Hall–Kier alpha value is -3.84. The highest BCUT2D eigenvalue weighted by Gasteiger charge is 2.46. The molecule has 2 aromatic heterocycles. The van der Waals surface area contributed by atoms with Crippen LogP contribution in [0, 0.1) is 17.0 Å². The molecule has 2 aliphatic rings. The highest BCUT2D eigenvalue weighted by atomic mass is 32.1. The zero-order valence-corrected chi connectivity index (χ0v) is 27.9. The molecule has 0 bridgehead atoms. The van der Waals surface area contributed by atoms with Crippen molar-refractivity contribution < 1.29 is 36.7 Å². The molecule has 2 aromatic carbocycles. The SMILES string of the molecule is CC(C)OC(=O)C(C)NP(=O)(OCC1(CNc2nc3c(s2)CN(C(=O)c2cc4c(F)cc(F)cc4[nH]2)CC3)CC1)Oc1ccccc1. The molecule has 1 fully saturated rings. The minimum Gasteiger partial charge on any atom is -0.462 e. The molecular formula is C32H36F2N5O6PS. The molecule has 15 heteroatoms. The van der Waals surface area contributed by atoms with E-state index in [1.807, 2.05) is 0 Å². The number of carbonyl (C=O) groups excluding carboxylic acids is 2. The van der Waals surface area contributed by atoms with Gasteiger partial charge in [-0.1, -0.05) is 29.5 Å². The smallest absolute Gasteiger partial charge is 0.459 e. The monoisotopic (exact) mass is 687 g/mol. The van der Waals surface area contributed by atoms with Gasteiger partial charge in [-0.25, -0.2) is 18.3 Å². The van der Waals surface area contributed by atoms with Crippen LogP contribution in [0.25, 0.3) is 10.9 Å². The predicted molar refractivity (Wildman–Crippen MR) is 173 cm³/mol. The number of aromatic nitrogens is 2. The molecule has 0 radical (unpaired) electrons. The van der Waals surface area contributed by atoms with Crippen molar-refractivity contribution in [1.29, 1.82) is 0 Å². The fourth-order valence-electron chi connectivity index (χ4n) is 5.26. The van der Waals surface area contributed by atoms with Gasteiger partial charge in [0.2, 0.25) is 0 Å². The Bertz CT molecular complexity index is 1830. The number of carbonyl (C=O) groups is 2. The van der Waals surface area contributed by atoms with Crippen LogP contribution in [0.3, 0.4) is 0 Å². The van der Waals surface area contributed by atoms with Crippen LogP contribution in [-0.4, -0.2) is 58.6 Å². The van der Waals surface area contributed by atoms with Crippen LogP contribution in [-0.2, 0) is 31.6 Å². The number of nitrogens with zero attached hydrogens (tertiary/aromatic N) is 2. The molecule has 6 rings (SSSR count). The van der Waals surface area contributed by atoms with Gasteiger partial charge in [-0.15, -0.1) is 0 Å². The minimum atomic E-state index is -3.98. The number of rotatable bonds is 13. The third kappa shape index (κ3) is 7.83. The van der Waals surface area contributed by atoms with Gasteiger partial charge in [-0.2, -0.15) is 5.09 Å². The average molecular weight is 688 g/mol. The summed E-state index contributed by atoms with van der Waals surface area (Å²) < 4.78 is 58.7. The van der Waals surface area contributed by atoms with Crippen molar-refractivity contribution in [3.8, 4) is 5.75 Å². The van der Waals surface area contributed by atoms with Crippen LogP contribution in [0.2, 0.25) is 0 Å². The van der Waals surface area contributed by atoms with E-state index in [0.29, 0.717) is 36.9 Å². The van der Waals surface area contributed by atoms with Crippen molar-refractivity contribution in [2.24, 2.45) is 5.41 Å². The fourth-order valence-corrected chi connectivity index (χ4v) is 7.88. The van der Waals surface area contributed by atoms with Gasteiger partial charge in [0, 0.05) is 41.3 Å². The lowest BCUT2D eigenvalue weighted by atomic mass is 10.1. The maximum atomic E-state index is 14.2. The van der Waals surface area contributed by atoms with Crippen LogP contribution < -0.4 is 14.9 Å². The summed E-state index contributed by atoms with van der Waals surface area (Å²) in [7, 11) is -3.98. The van der Waals surface area contributed by atoms with E-state index < -0.39 is 31.4 Å². The van der Waals surface area contributed by atoms with Crippen molar-refractivity contribution in [2.75, 3.05) is 25.0 Å². The maximum Gasteiger partial charge on any atom is 0.459 e. The first-order chi connectivity index (χ1) is 22.4. The van der Waals surface area contributed by atoms with E-state index in [4.69, 9.17) is 18.8 Å². The normalized spacial score (nSPS) is 17.2. The van der Waals surface area contributed by atoms with Gasteiger partial charge in [0.25, 0.3) is 5.91 Å². The number of benzene rings is 2. The zero-order valence-electron chi connectivity index (χ0n) is 26.2. The Morgan fingerprint density at radius 2 is 1.91 bits per heavy atom. The summed E-state index contributed by atoms with van der Waals surface area (Å²) in [6, 6.07) is 11.0. The lowest BCUT2D eigenvalue weighted by Crippen LogP contribution is -2.36. The summed E-state index contributed by atoms with van der Waals surface area (Å²) in [5.41, 5.74) is 1.02. The fraction of sp³-hybridized carbons (Fsp3) is 0.406. The topological polar surface area (TPSA) is 135 Å².